The van der Waals surface area contributed by atoms with E-state index in [1.54, 1.807) is 32.9 Å². The van der Waals surface area contributed by atoms with Crippen molar-refractivity contribution in [3.05, 3.63) is 30.3 Å². The Hall–Kier alpha value is -0.940. The Morgan fingerprint density at radius 3 is 1.50 bits per heavy atom. The van der Waals surface area contributed by atoms with Gasteiger partial charge in [-0.05, 0) is 12.1 Å². The molecule has 3 unspecified atom stereocenters. The summed E-state index contributed by atoms with van der Waals surface area (Å²) in [6.45, 7) is 4.69. The maximum absolute atomic E-state index is 9.91. The first kappa shape index (κ1) is 13.1. The maximum atomic E-state index is 9.91. The molecule has 0 heterocycles. The molecule has 0 aliphatic carbocycles. The second-order valence-corrected chi connectivity index (χ2v) is 4.07. The molecule has 0 aromatic heterocycles. The molecule has 0 aliphatic rings. The molecule has 0 aliphatic heterocycles. The summed E-state index contributed by atoms with van der Waals surface area (Å²) >= 11 is 0. The Morgan fingerprint density at radius 1 is 0.812 bits per heavy atom. The van der Waals surface area contributed by atoms with E-state index in [0.717, 1.165) is 0 Å². The summed E-state index contributed by atoms with van der Waals surface area (Å²) in [5.41, 5.74) is 0.683. The molecule has 0 radical (unpaired) electrons. The third-order valence-corrected chi connectivity index (χ3v) is 3.06. The molecule has 90 valence electrons. The Balaban J connectivity index is 3.34. The van der Waals surface area contributed by atoms with Crippen LogP contribution >= 0.6 is 0 Å². The van der Waals surface area contributed by atoms with E-state index in [0.29, 0.717) is 5.69 Å². The normalized spacial score (nSPS) is 20.9. The van der Waals surface area contributed by atoms with Crippen LogP contribution in [0.2, 0.25) is 0 Å². The van der Waals surface area contributed by atoms with Gasteiger partial charge >= 0.3 is 0 Å². The Kier molecular flexibility index (Phi) is 4.04. The molecule has 0 amide bonds. The largest absolute Gasteiger partial charge is 0.345 e. The van der Waals surface area contributed by atoms with Crippen molar-refractivity contribution in [2.45, 2.75) is 39.5 Å². The van der Waals surface area contributed by atoms with Crippen molar-refractivity contribution in [1.82, 2.24) is 4.48 Å². The lowest BCUT2D eigenvalue weighted by Gasteiger charge is -2.44. The van der Waals surface area contributed by atoms with Crippen molar-refractivity contribution in [2.24, 2.45) is 0 Å². The van der Waals surface area contributed by atoms with Crippen LogP contribution in [0.4, 0.5) is 5.69 Å². The van der Waals surface area contributed by atoms with Crippen molar-refractivity contribution >= 4 is 5.69 Å². The molecule has 1 rings (SSSR count). The van der Waals surface area contributed by atoms with Crippen molar-refractivity contribution in [1.29, 1.82) is 0 Å². The number of hydrogen-bond acceptors (Lipinski definition) is 3. The monoisotopic (exact) mass is 226 g/mol. The fourth-order valence-electron chi connectivity index (χ4n) is 2.27. The maximum Gasteiger partial charge on any atom is 0.196 e. The van der Waals surface area contributed by atoms with E-state index in [1.807, 2.05) is 18.2 Å². The average Bonchev–Trinajstić information content (AvgIpc) is 2.18. The molecule has 16 heavy (non-hydrogen) atoms. The number of rotatable bonds is 4. The lowest BCUT2D eigenvalue weighted by atomic mass is 10.2. The summed E-state index contributed by atoms with van der Waals surface area (Å²) in [5.74, 6) is 0. The van der Waals surface area contributed by atoms with Gasteiger partial charge in [0.05, 0.1) is 0 Å². The van der Waals surface area contributed by atoms with Gasteiger partial charge in [0.15, 0.2) is 18.7 Å². The van der Waals surface area contributed by atoms with E-state index >= 15 is 0 Å². The lowest BCUT2D eigenvalue weighted by Crippen LogP contribution is -2.66. The summed E-state index contributed by atoms with van der Waals surface area (Å²) in [7, 11) is 0. The van der Waals surface area contributed by atoms with Crippen LogP contribution in [0.25, 0.3) is 0 Å². The lowest BCUT2D eigenvalue weighted by molar-refractivity contribution is -0.151. The van der Waals surface area contributed by atoms with Gasteiger partial charge in [-0.25, -0.2) is 4.48 Å². The smallest absolute Gasteiger partial charge is 0.196 e. The van der Waals surface area contributed by atoms with Gasteiger partial charge in [-0.1, -0.05) is 18.2 Å². The van der Waals surface area contributed by atoms with Gasteiger partial charge in [0.2, 0.25) is 0 Å². The summed E-state index contributed by atoms with van der Waals surface area (Å²) < 4.78 is -0.277. The predicted octanol–water partition coefficient (Wildman–Crippen LogP) is 1.01. The molecule has 4 heteroatoms. The molecule has 3 atom stereocenters. The summed E-state index contributed by atoms with van der Waals surface area (Å²) in [4.78, 5) is 0. The minimum atomic E-state index is -0.901. The first-order valence-corrected chi connectivity index (χ1v) is 5.42. The van der Waals surface area contributed by atoms with Crippen molar-refractivity contribution < 1.29 is 15.3 Å². The molecule has 0 saturated heterocycles. The number of quaternary nitrogens is 1. The second-order valence-electron chi connectivity index (χ2n) is 4.07. The fraction of sp³-hybridized carbons (Fsp3) is 0.500. The zero-order valence-electron chi connectivity index (χ0n) is 9.91. The van der Waals surface area contributed by atoms with Gasteiger partial charge < -0.3 is 15.3 Å². The second kappa shape index (κ2) is 4.93. The molecule has 0 saturated carbocycles. The van der Waals surface area contributed by atoms with E-state index < -0.39 is 18.7 Å². The van der Waals surface area contributed by atoms with Crippen molar-refractivity contribution in [2.75, 3.05) is 0 Å². The van der Waals surface area contributed by atoms with Gasteiger partial charge in [0.25, 0.3) is 0 Å². The highest BCUT2D eigenvalue weighted by Gasteiger charge is 2.44. The van der Waals surface area contributed by atoms with Gasteiger partial charge in [-0.3, -0.25) is 0 Å². The predicted molar refractivity (Wildman–Crippen MR) is 63.3 cm³/mol. The van der Waals surface area contributed by atoms with E-state index in [4.69, 9.17) is 0 Å². The first-order valence-electron chi connectivity index (χ1n) is 5.42. The third-order valence-electron chi connectivity index (χ3n) is 3.06. The number of aliphatic hydroxyl groups is 3. The van der Waals surface area contributed by atoms with E-state index in [2.05, 4.69) is 0 Å². The standard InChI is InChI=1S/C12H20NO3/c1-9(14)13(10(2)15,11(3)16)12-7-5-4-6-8-12/h4-11,14-16H,1-3H3/q+1. The molecule has 0 fully saturated rings. The molecule has 0 spiro atoms. The van der Waals surface area contributed by atoms with Crippen LogP contribution in [-0.4, -0.2) is 34.0 Å². The van der Waals surface area contributed by atoms with Crippen LogP contribution in [-0.2, 0) is 0 Å². The van der Waals surface area contributed by atoms with E-state index in [1.165, 1.54) is 0 Å². The van der Waals surface area contributed by atoms with Gasteiger partial charge in [0.1, 0.15) is 5.69 Å². The zero-order chi connectivity index (χ0) is 12.3. The highest BCUT2D eigenvalue weighted by molar-refractivity contribution is 5.43. The fourth-order valence-corrected chi connectivity index (χ4v) is 2.27. The van der Waals surface area contributed by atoms with Crippen LogP contribution < -0.4 is 4.48 Å². The van der Waals surface area contributed by atoms with E-state index in [-0.39, 0.29) is 4.48 Å². The Morgan fingerprint density at radius 2 is 1.19 bits per heavy atom. The number of benzene rings is 1. The highest BCUT2D eigenvalue weighted by Crippen LogP contribution is 2.30. The van der Waals surface area contributed by atoms with Crippen LogP contribution in [0.3, 0.4) is 0 Å². The number of hydrogen-bond donors (Lipinski definition) is 3. The molecule has 1 aromatic rings. The molecular formula is C12H20NO3+. The number of aliphatic hydroxyl groups excluding tert-OH is 3. The van der Waals surface area contributed by atoms with Gasteiger partial charge in [0, 0.05) is 20.8 Å². The SMILES string of the molecule is CC(O)[N+](c1ccccc1)(C(C)O)C(C)O. The molecule has 3 N–H and O–H groups in total. The molecule has 0 bridgehead atoms. The van der Waals surface area contributed by atoms with E-state index in [9.17, 15) is 15.3 Å². The van der Waals surface area contributed by atoms with Crippen molar-refractivity contribution in [3.8, 4) is 0 Å². The summed E-state index contributed by atoms with van der Waals surface area (Å²) in [6.07, 6.45) is -2.70. The van der Waals surface area contributed by atoms with Gasteiger partial charge in [-0.2, -0.15) is 0 Å². The Bertz CT molecular complexity index is 301. The molecule has 4 nitrogen and oxygen atoms in total. The molecular weight excluding hydrogens is 206 g/mol. The van der Waals surface area contributed by atoms with Gasteiger partial charge in [-0.15, -0.1) is 0 Å². The zero-order valence-corrected chi connectivity index (χ0v) is 9.91. The molecule has 1 aromatic carbocycles. The van der Waals surface area contributed by atoms with Crippen molar-refractivity contribution in [3.63, 3.8) is 0 Å². The number of para-hydroxylation sites is 1. The highest BCUT2D eigenvalue weighted by atomic mass is 16.4. The number of nitrogens with zero attached hydrogens (tertiary/aromatic N) is 1. The summed E-state index contributed by atoms with van der Waals surface area (Å²) in [5, 5.41) is 29.7. The van der Waals surface area contributed by atoms with Crippen LogP contribution in [0.15, 0.2) is 30.3 Å². The summed E-state index contributed by atoms with van der Waals surface area (Å²) in [6, 6.07) is 9.05. The topological polar surface area (TPSA) is 60.7 Å². The van der Waals surface area contributed by atoms with Crippen LogP contribution in [0, 0.1) is 0 Å². The minimum absolute atomic E-state index is 0.277. The third kappa shape index (κ3) is 1.97. The first-order chi connectivity index (χ1) is 7.44. The Labute approximate surface area is 96.0 Å². The average molecular weight is 226 g/mol. The van der Waals surface area contributed by atoms with Crippen LogP contribution in [0.5, 0.6) is 0 Å². The van der Waals surface area contributed by atoms with Crippen LogP contribution in [0.1, 0.15) is 20.8 Å². The quantitative estimate of drug-likeness (QED) is 0.530. The minimum Gasteiger partial charge on any atom is -0.345 e.